The molecular formula is C17H14N4O3S. The molecule has 0 radical (unpaired) electrons. The first-order valence-electron chi connectivity index (χ1n) is 7.56. The molecule has 0 saturated heterocycles. The Kier molecular flexibility index (Phi) is 4.26. The number of nitrogens with zero attached hydrogens (tertiary/aromatic N) is 2. The zero-order valence-corrected chi connectivity index (χ0v) is 13.9. The molecule has 126 valence electrons. The van der Waals surface area contributed by atoms with Gasteiger partial charge in [0.15, 0.2) is 16.7 Å². The first-order valence-corrected chi connectivity index (χ1v) is 8.54. The fourth-order valence-electron chi connectivity index (χ4n) is 2.35. The predicted molar refractivity (Wildman–Crippen MR) is 92.9 cm³/mol. The van der Waals surface area contributed by atoms with E-state index in [0.29, 0.717) is 22.7 Å². The lowest BCUT2D eigenvalue weighted by Crippen LogP contribution is -2.11. The maximum absolute atomic E-state index is 12.4. The molecule has 3 aromatic rings. The second-order valence-electron chi connectivity index (χ2n) is 5.30. The normalized spacial score (nSPS) is 12.2. The van der Waals surface area contributed by atoms with Gasteiger partial charge in [-0.2, -0.15) is 5.10 Å². The van der Waals surface area contributed by atoms with E-state index < -0.39 is 0 Å². The van der Waals surface area contributed by atoms with Crippen LogP contribution in [0.2, 0.25) is 0 Å². The second kappa shape index (κ2) is 6.86. The Labute approximate surface area is 147 Å². The van der Waals surface area contributed by atoms with Crippen molar-refractivity contribution < 1.29 is 14.3 Å². The predicted octanol–water partition coefficient (Wildman–Crippen LogP) is 3.08. The lowest BCUT2D eigenvalue weighted by molar-refractivity contribution is 0.102. The number of anilines is 1. The number of nitrogens with one attached hydrogen (secondary N) is 2. The van der Waals surface area contributed by atoms with E-state index in [1.54, 1.807) is 42.1 Å². The summed E-state index contributed by atoms with van der Waals surface area (Å²) < 4.78 is 10.6. The highest BCUT2D eigenvalue weighted by atomic mass is 32.2. The molecule has 2 aromatic carbocycles. The molecule has 0 unspecified atom stereocenters. The molecule has 0 aliphatic carbocycles. The first-order chi connectivity index (χ1) is 12.3. The van der Waals surface area contributed by atoms with Gasteiger partial charge in [0.2, 0.25) is 6.79 Å². The average Bonchev–Trinajstić information content (AvgIpc) is 3.31. The molecule has 1 amide bonds. The summed E-state index contributed by atoms with van der Waals surface area (Å²) >= 11 is 1.55. The minimum absolute atomic E-state index is 0.173. The number of carbonyl (C=O) groups is 1. The van der Waals surface area contributed by atoms with Crippen LogP contribution in [0.5, 0.6) is 11.5 Å². The van der Waals surface area contributed by atoms with Crippen LogP contribution in [0.15, 0.2) is 53.9 Å². The fourth-order valence-corrected chi connectivity index (χ4v) is 3.08. The van der Waals surface area contributed by atoms with Gasteiger partial charge in [-0.15, -0.1) is 0 Å². The van der Waals surface area contributed by atoms with Crippen molar-refractivity contribution in [1.29, 1.82) is 0 Å². The van der Waals surface area contributed by atoms with Gasteiger partial charge in [-0.25, -0.2) is 4.98 Å². The van der Waals surface area contributed by atoms with Gasteiger partial charge >= 0.3 is 0 Å². The molecule has 1 aliphatic heterocycles. The van der Waals surface area contributed by atoms with E-state index in [1.807, 2.05) is 12.1 Å². The standard InChI is InChI=1S/C17H14N4O3S/c22-16(20-13-5-6-14-15(7-13)24-10-23-14)12-3-1-11(2-4-12)8-25-17-18-9-19-21-17/h1-7,9H,8,10H2,(H,20,22)(H,18,19,21). The molecule has 0 atom stereocenters. The number of thioether (sulfide) groups is 1. The third-order valence-electron chi connectivity index (χ3n) is 3.62. The highest BCUT2D eigenvalue weighted by Crippen LogP contribution is 2.34. The summed E-state index contributed by atoms with van der Waals surface area (Å²) in [5.41, 5.74) is 2.35. The number of ether oxygens (including phenoxy) is 2. The Hall–Kier alpha value is -3.00. The van der Waals surface area contributed by atoms with Crippen LogP contribution in [0.4, 0.5) is 5.69 Å². The molecule has 0 spiro atoms. The summed E-state index contributed by atoms with van der Waals surface area (Å²) in [6.07, 6.45) is 1.48. The number of H-pyrrole nitrogens is 1. The van der Waals surface area contributed by atoms with E-state index in [0.717, 1.165) is 16.5 Å². The highest BCUT2D eigenvalue weighted by molar-refractivity contribution is 7.98. The zero-order valence-electron chi connectivity index (χ0n) is 13.1. The summed E-state index contributed by atoms with van der Waals surface area (Å²) in [6, 6.07) is 12.8. The maximum Gasteiger partial charge on any atom is 0.255 e. The summed E-state index contributed by atoms with van der Waals surface area (Å²) in [4.78, 5) is 16.4. The third kappa shape index (κ3) is 3.58. The van der Waals surface area contributed by atoms with Gasteiger partial charge in [0.1, 0.15) is 6.33 Å². The Morgan fingerprint density at radius 2 is 2.00 bits per heavy atom. The van der Waals surface area contributed by atoms with E-state index in [2.05, 4.69) is 20.5 Å². The smallest absolute Gasteiger partial charge is 0.255 e. The Morgan fingerprint density at radius 3 is 2.80 bits per heavy atom. The van der Waals surface area contributed by atoms with Gasteiger partial charge < -0.3 is 14.8 Å². The number of benzene rings is 2. The van der Waals surface area contributed by atoms with Crippen LogP contribution in [-0.2, 0) is 5.75 Å². The lowest BCUT2D eigenvalue weighted by Gasteiger charge is -2.07. The number of hydrogen-bond donors (Lipinski definition) is 2. The van der Waals surface area contributed by atoms with Crippen molar-refractivity contribution in [2.45, 2.75) is 10.9 Å². The van der Waals surface area contributed by atoms with E-state index >= 15 is 0 Å². The van der Waals surface area contributed by atoms with Crippen molar-refractivity contribution in [2.24, 2.45) is 0 Å². The largest absolute Gasteiger partial charge is 0.454 e. The summed E-state index contributed by atoms with van der Waals surface area (Å²) in [7, 11) is 0. The molecule has 2 heterocycles. The van der Waals surface area contributed by atoms with Crippen LogP contribution in [0.25, 0.3) is 0 Å². The quantitative estimate of drug-likeness (QED) is 0.685. The number of hydrogen-bond acceptors (Lipinski definition) is 6. The molecule has 2 N–H and O–H groups in total. The Morgan fingerprint density at radius 1 is 1.16 bits per heavy atom. The van der Waals surface area contributed by atoms with Gasteiger partial charge in [-0.1, -0.05) is 23.9 Å². The molecule has 0 bridgehead atoms. The van der Waals surface area contributed by atoms with E-state index in [-0.39, 0.29) is 12.7 Å². The molecule has 8 heteroatoms. The molecule has 4 rings (SSSR count). The second-order valence-corrected chi connectivity index (χ2v) is 6.26. The van der Waals surface area contributed by atoms with Crippen molar-refractivity contribution in [2.75, 3.05) is 12.1 Å². The van der Waals surface area contributed by atoms with Crippen LogP contribution >= 0.6 is 11.8 Å². The number of rotatable bonds is 5. The SMILES string of the molecule is O=C(Nc1ccc2c(c1)OCO2)c1ccc(CSc2ncn[nH]2)cc1. The van der Waals surface area contributed by atoms with Crippen molar-refractivity contribution in [3.05, 3.63) is 59.9 Å². The number of aromatic amines is 1. The number of amides is 1. The fraction of sp³-hybridized carbons (Fsp3) is 0.118. The van der Waals surface area contributed by atoms with Gasteiger partial charge in [0.25, 0.3) is 5.91 Å². The topological polar surface area (TPSA) is 89.1 Å². The van der Waals surface area contributed by atoms with E-state index in [4.69, 9.17) is 9.47 Å². The maximum atomic E-state index is 12.4. The Bertz CT molecular complexity index is 881. The number of carbonyl (C=O) groups excluding carboxylic acids is 1. The van der Waals surface area contributed by atoms with Gasteiger partial charge in [0.05, 0.1) is 0 Å². The van der Waals surface area contributed by atoms with Gasteiger partial charge in [0, 0.05) is 23.1 Å². The Balaban J connectivity index is 1.38. The minimum Gasteiger partial charge on any atom is -0.454 e. The molecule has 1 aliphatic rings. The average molecular weight is 354 g/mol. The monoisotopic (exact) mass is 354 g/mol. The lowest BCUT2D eigenvalue weighted by atomic mass is 10.1. The highest BCUT2D eigenvalue weighted by Gasteiger charge is 2.14. The van der Waals surface area contributed by atoms with Crippen LogP contribution < -0.4 is 14.8 Å². The first kappa shape index (κ1) is 15.5. The van der Waals surface area contributed by atoms with Crippen molar-refractivity contribution in [3.8, 4) is 11.5 Å². The summed E-state index contributed by atoms with van der Waals surface area (Å²) in [5, 5.41) is 10.2. The third-order valence-corrected chi connectivity index (χ3v) is 4.56. The van der Waals surface area contributed by atoms with Crippen molar-refractivity contribution >= 4 is 23.4 Å². The number of fused-ring (bicyclic) bond motifs is 1. The zero-order chi connectivity index (χ0) is 17.1. The van der Waals surface area contributed by atoms with Crippen LogP contribution in [0.3, 0.4) is 0 Å². The summed E-state index contributed by atoms with van der Waals surface area (Å²) in [5.74, 6) is 1.90. The summed E-state index contributed by atoms with van der Waals surface area (Å²) in [6.45, 7) is 0.209. The molecule has 0 fully saturated rings. The number of aromatic nitrogens is 3. The van der Waals surface area contributed by atoms with Gasteiger partial charge in [-0.05, 0) is 29.8 Å². The molecule has 7 nitrogen and oxygen atoms in total. The van der Waals surface area contributed by atoms with Gasteiger partial charge in [-0.3, -0.25) is 9.89 Å². The van der Waals surface area contributed by atoms with Crippen molar-refractivity contribution in [1.82, 2.24) is 15.2 Å². The van der Waals surface area contributed by atoms with Crippen LogP contribution in [0, 0.1) is 0 Å². The molecule has 1 aromatic heterocycles. The van der Waals surface area contributed by atoms with E-state index in [1.165, 1.54) is 6.33 Å². The van der Waals surface area contributed by atoms with Crippen molar-refractivity contribution in [3.63, 3.8) is 0 Å². The van der Waals surface area contributed by atoms with Crippen LogP contribution in [-0.4, -0.2) is 27.9 Å². The van der Waals surface area contributed by atoms with Crippen LogP contribution in [0.1, 0.15) is 15.9 Å². The molecule has 25 heavy (non-hydrogen) atoms. The van der Waals surface area contributed by atoms with E-state index in [9.17, 15) is 4.79 Å². The minimum atomic E-state index is -0.173. The molecular weight excluding hydrogens is 340 g/mol. The molecule has 0 saturated carbocycles.